The number of carbonyl (C=O) groups is 2. The Morgan fingerprint density at radius 3 is 2.24 bits per heavy atom. The summed E-state index contributed by atoms with van der Waals surface area (Å²) in [4.78, 5) is 23.4. The van der Waals surface area contributed by atoms with Gasteiger partial charge in [0, 0.05) is 0 Å². The smallest absolute Gasteiger partial charge is 0.307 e. The third kappa shape index (κ3) is 2.86. The number of benzene rings is 1. The minimum Gasteiger partial charge on any atom is -0.497 e. The summed E-state index contributed by atoms with van der Waals surface area (Å²) >= 11 is 0. The van der Waals surface area contributed by atoms with E-state index in [2.05, 4.69) is 5.32 Å². The van der Waals surface area contributed by atoms with Crippen LogP contribution in [0.3, 0.4) is 0 Å². The maximum Gasteiger partial charge on any atom is 0.307 e. The average Bonchev–Trinajstić information content (AvgIpc) is 3.02. The molecule has 0 bridgehead atoms. The lowest BCUT2D eigenvalue weighted by atomic mass is 10.1. The molecular weight excluding hydrogens is 270 g/mol. The summed E-state index contributed by atoms with van der Waals surface area (Å²) in [6.07, 6.45) is 0. The first-order valence-corrected chi connectivity index (χ1v) is 6.96. The molecule has 0 heterocycles. The molecule has 1 aromatic carbocycles. The van der Waals surface area contributed by atoms with E-state index in [9.17, 15) is 9.59 Å². The van der Waals surface area contributed by atoms with Crippen LogP contribution in [-0.2, 0) is 9.59 Å². The van der Waals surface area contributed by atoms with Gasteiger partial charge in [0.05, 0.1) is 25.0 Å². The molecule has 2 N–H and O–H groups in total. The summed E-state index contributed by atoms with van der Waals surface area (Å²) in [5, 5.41) is 12.0. The quantitative estimate of drug-likeness (QED) is 0.872. The molecule has 1 amide bonds. The van der Waals surface area contributed by atoms with Crippen LogP contribution >= 0.6 is 0 Å². The molecule has 1 fully saturated rings. The standard InChI is InChI=1S/C16H21NO4/c1-9(10-5-7-11(21-4)8-6-10)17-14(18)12-13(15(19)20)16(12,2)3/h5-9,12-13H,1-4H3,(H,17,18)(H,19,20)/t9-,12-,13+/m1/s1. The van der Waals surface area contributed by atoms with E-state index in [4.69, 9.17) is 9.84 Å². The Bertz CT molecular complexity index is 550. The van der Waals surface area contributed by atoms with Crippen molar-refractivity contribution in [1.82, 2.24) is 5.32 Å². The first kappa shape index (κ1) is 15.4. The number of carbonyl (C=O) groups excluding carboxylic acids is 1. The number of rotatable bonds is 5. The molecule has 0 saturated heterocycles. The Morgan fingerprint density at radius 2 is 1.81 bits per heavy atom. The van der Waals surface area contributed by atoms with Gasteiger partial charge in [-0.3, -0.25) is 9.59 Å². The van der Waals surface area contributed by atoms with Crippen LogP contribution in [0.5, 0.6) is 5.75 Å². The zero-order valence-corrected chi connectivity index (χ0v) is 12.7. The Balaban J connectivity index is 2.01. The molecule has 0 spiro atoms. The summed E-state index contributed by atoms with van der Waals surface area (Å²) in [6, 6.07) is 7.26. The van der Waals surface area contributed by atoms with Crippen molar-refractivity contribution in [1.29, 1.82) is 0 Å². The van der Waals surface area contributed by atoms with E-state index in [1.807, 2.05) is 45.0 Å². The minimum absolute atomic E-state index is 0.172. The van der Waals surface area contributed by atoms with E-state index in [0.29, 0.717) is 0 Å². The summed E-state index contributed by atoms with van der Waals surface area (Å²) in [5.74, 6) is -1.41. The fraction of sp³-hybridized carbons (Fsp3) is 0.500. The van der Waals surface area contributed by atoms with Crippen molar-refractivity contribution >= 4 is 11.9 Å². The molecule has 0 aromatic heterocycles. The van der Waals surface area contributed by atoms with Crippen LogP contribution < -0.4 is 10.1 Å². The Hall–Kier alpha value is -2.04. The van der Waals surface area contributed by atoms with Gasteiger partial charge >= 0.3 is 5.97 Å². The normalized spacial score (nSPS) is 24.0. The lowest BCUT2D eigenvalue weighted by Crippen LogP contribution is -2.30. The highest BCUT2D eigenvalue weighted by molar-refractivity contribution is 5.91. The zero-order valence-electron chi connectivity index (χ0n) is 12.7. The predicted octanol–water partition coefficient (Wildman–Crippen LogP) is 2.23. The lowest BCUT2D eigenvalue weighted by Gasteiger charge is -2.15. The van der Waals surface area contributed by atoms with Gasteiger partial charge in [0.15, 0.2) is 0 Å². The fourth-order valence-corrected chi connectivity index (χ4v) is 2.87. The van der Waals surface area contributed by atoms with Gasteiger partial charge in [-0.05, 0) is 30.0 Å². The number of ether oxygens (including phenoxy) is 1. The van der Waals surface area contributed by atoms with Crippen LogP contribution in [0.2, 0.25) is 0 Å². The number of hydrogen-bond acceptors (Lipinski definition) is 3. The molecule has 0 radical (unpaired) electrons. The van der Waals surface area contributed by atoms with E-state index in [-0.39, 0.29) is 11.9 Å². The maximum atomic E-state index is 12.2. The highest BCUT2D eigenvalue weighted by atomic mass is 16.5. The summed E-state index contributed by atoms with van der Waals surface area (Å²) in [6.45, 7) is 5.51. The van der Waals surface area contributed by atoms with Crippen molar-refractivity contribution in [2.75, 3.05) is 7.11 Å². The first-order valence-electron chi connectivity index (χ1n) is 6.96. The molecule has 1 saturated carbocycles. The first-order chi connectivity index (χ1) is 9.78. The summed E-state index contributed by atoms with van der Waals surface area (Å²) in [7, 11) is 1.60. The van der Waals surface area contributed by atoms with Gasteiger partial charge < -0.3 is 15.2 Å². The van der Waals surface area contributed by atoms with Gasteiger partial charge in [0.1, 0.15) is 5.75 Å². The molecule has 1 aliphatic rings. The summed E-state index contributed by atoms with van der Waals surface area (Å²) in [5.41, 5.74) is 0.477. The second kappa shape index (κ2) is 5.39. The van der Waals surface area contributed by atoms with E-state index >= 15 is 0 Å². The maximum absolute atomic E-state index is 12.2. The van der Waals surface area contributed by atoms with Crippen molar-refractivity contribution in [3.05, 3.63) is 29.8 Å². The highest BCUT2D eigenvalue weighted by Crippen LogP contribution is 2.58. The van der Waals surface area contributed by atoms with E-state index in [1.165, 1.54) is 0 Å². The molecule has 21 heavy (non-hydrogen) atoms. The van der Waals surface area contributed by atoms with Crippen molar-refractivity contribution in [3.63, 3.8) is 0 Å². The van der Waals surface area contributed by atoms with Gasteiger partial charge in [-0.2, -0.15) is 0 Å². The van der Waals surface area contributed by atoms with Crippen LogP contribution in [0.15, 0.2) is 24.3 Å². The SMILES string of the molecule is COc1ccc([C@@H](C)NC(=O)[C@H]2[C@@H](C(=O)O)C2(C)C)cc1. The van der Waals surface area contributed by atoms with Crippen LogP contribution in [-0.4, -0.2) is 24.1 Å². The third-order valence-electron chi connectivity index (χ3n) is 4.35. The number of amides is 1. The lowest BCUT2D eigenvalue weighted by molar-refractivity contribution is -0.140. The number of carboxylic acids is 1. The number of carboxylic acid groups (broad SMARTS) is 1. The monoisotopic (exact) mass is 291 g/mol. The van der Waals surface area contributed by atoms with Crippen LogP contribution in [0.1, 0.15) is 32.4 Å². The topological polar surface area (TPSA) is 75.6 Å². The van der Waals surface area contributed by atoms with Gasteiger partial charge in [0.2, 0.25) is 5.91 Å². The number of hydrogen-bond donors (Lipinski definition) is 2. The molecule has 0 unspecified atom stereocenters. The largest absolute Gasteiger partial charge is 0.497 e. The van der Waals surface area contributed by atoms with Crippen LogP contribution in [0, 0.1) is 17.3 Å². The van der Waals surface area contributed by atoms with E-state index in [0.717, 1.165) is 11.3 Å². The van der Waals surface area contributed by atoms with Crippen LogP contribution in [0.4, 0.5) is 0 Å². The molecule has 1 aliphatic carbocycles. The van der Waals surface area contributed by atoms with Gasteiger partial charge in [-0.15, -0.1) is 0 Å². The second-order valence-corrected chi connectivity index (χ2v) is 6.12. The molecule has 0 aliphatic heterocycles. The van der Waals surface area contributed by atoms with E-state index < -0.39 is 23.2 Å². The fourth-order valence-electron chi connectivity index (χ4n) is 2.87. The third-order valence-corrected chi connectivity index (χ3v) is 4.35. The Morgan fingerprint density at radius 1 is 1.24 bits per heavy atom. The second-order valence-electron chi connectivity index (χ2n) is 6.12. The Labute approximate surface area is 124 Å². The number of aliphatic carboxylic acids is 1. The average molecular weight is 291 g/mol. The molecule has 3 atom stereocenters. The Kier molecular flexibility index (Phi) is 3.94. The predicted molar refractivity (Wildman–Crippen MR) is 77.9 cm³/mol. The molecule has 5 nitrogen and oxygen atoms in total. The van der Waals surface area contributed by atoms with Crippen LogP contribution in [0.25, 0.3) is 0 Å². The molecule has 2 rings (SSSR count). The number of methoxy groups -OCH3 is 1. The van der Waals surface area contributed by atoms with Crippen molar-refractivity contribution in [2.45, 2.75) is 26.8 Å². The minimum atomic E-state index is -0.905. The van der Waals surface area contributed by atoms with Crippen molar-refractivity contribution in [2.24, 2.45) is 17.3 Å². The molecule has 5 heteroatoms. The van der Waals surface area contributed by atoms with Crippen molar-refractivity contribution < 1.29 is 19.4 Å². The van der Waals surface area contributed by atoms with Gasteiger partial charge in [-0.1, -0.05) is 26.0 Å². The number of nitrogens with one attached hydrogen (secondary N) is 1. The van der Waals surface area contributed by atoms with Gasteiger partial charge in [0.25, 0.3) is 0 Å². The summed E-state index contributed by atoms with van der Waals surface area (Å²) < 4.78 is 5.09. The van der Waals surface area contributed by atoms with Crippen molar-refractivity contribution in [3.8, 4) is 5.75 Å². The zero-order chi connectivity index (χ0) is 15.8. The molecule has 114 valence electrons. The van der Waals surface area contributed by atoms with Gasteiger partial charge in [-0.25, -0.2) is 0 Å². The van der Waals surface area contributed by atoms with E-state index in [1.54, 1.807) is 7.11 Å². The molecule has 1 aromatic rings. The highest BCUT2D eigenvalue weighted by Gasteiger charge is 2.65. The molecular formula is C16H21NO4.